The fraction of sp³-hybridized carbons (Fsp3) is 0.0385. The third kappa shape index (κ3) is 2.37. The highest BCUT2D eigenvalue weighted by atomic mass is 79.9. The van der Waals surface area contributed by atoms with E-state index in [1.807, 2.05) is 36.4 Å². The Morgan fingerprint density at radius 3 is 2.31 bits per heavy atom. The molecular weight excluding hydrogens is 422 g/mol. The first-order valence-electron chi connectivity index (χ1n) is 9.65. The van der Waals surface area contributed by atoms with Gasteiger partial charge in [-0.2, -0.15) is 0 Å². The molecule has 0 amide bonds. The number of Topliss-reactive ketones (excluding diaryl/α,β-unsaturated/α-hetero) is 1. The smallest absolute Gasteiger partial charge is 0.192 e. The van der Waals surface area contributed by atoms with Crippen LogP contribution in [0.25, 0.3) is 16.5 Å². The van der Waals surface area contributed by atoms with E-state index in [0.717, 1.165) is 43.7 Å². The van der Waals surface area contributed by atoms with Crippen molar-refractivity contribution in [3.05, 3.63) is 117 Å². The van der Waals surface area contributed by atoms with Gasteiger partial charge in [-0.3, -0.25) is 4.79 Å². The average Bonchev–Trinajstić information content (AvgIpc) is 3.05. The van der Waals surface area contributed by atoms with Gasteiger partial charge in [0, 0.05) is 32.5 Å². The van der Waals surface area contributed by atoms with Crippen LogP contribution in [0.1, 0.15) is 33.0 Å². The number of benzene rings is 4. The normalized spacial score (nSPS) is 17.0. The van der Waals surface area contributed by atoms with Gasteiger partial charge >= 0.3 is 0 Å². The van der Waals surface area contributed by atoms with Crippen molar-refractivity contribution < 1.29 is 4.79 Å². The summed E-state index contributed by atoms with van der Waals surface area (Å²) in [5.41, 5.74) is 6.93. The van der Waals surface area contributed by atoms with Crippen molar-refractivity contribution in [3.63, 3.8) is 0 Å². The number of fused-ring (bicyclic) bond motifs is 5. The van der Waals surface area contributed by atoms with Crippen LogP contribution in [0.4, 0.5) is 5.69 Å². The number of anilines is 1. The second kappa shape index (κ2) is 6.16. The van der Waals surface area contributed by atoms with Crippen molar-refractivity contribution in [2.75, 3.05) is 5.32 Å². The van der Waals surface area contributed by atoms with Crippen LogP contribution >= 0.6 is 15.9 Å². The Morgan fingerprint density at radius 2 is 1.48 bits per heavy atom. The first-order valence-corrected chi connectivity index (χ1v) is 10.4. The summed E-state index contributed by atoms with van der Waals surface area (Å²) in [6.07, 6.45) is 0. The maximum absolute atomic E-state index is 13.4. The second-order valence-electron chi connectivity index (χ2n) is 7.52. The van der Waals surface area contributed by atoms with E-state index in [9.17, 15) is 4.79 Å². The van der Waals surface area contributed by atoms with Crippen molar-refractivity contribution in [3.8, 4) is 0 Å². The minimum Gasteiger partial charge on any atom is -0.354 e. The van der Waals surface area contributed by atoms with Gasteiger partial charge in [-0.15, -0.1) is 0 Å². The minimum atomic E-state index is -0.0983. The van der Waals surface area contributed by atoms with Crippen molar-refractivity contribution in [2.45, 2.75) is 5.92 Å². The number of ketones is 1. The molecule has 4 aromatic carbocycles. The van der Waals surface area contributed by atoms with Gasteiger partial charge in [-0.05, 0) is 28.6 Å². The van der Waals surface area contributed by atoms with Crippen molar-refractivity contribution in [1.29, 1.82) is 0 Å². The van der Waals surface area contributed by atoms with Crippen LogP contribution < -0.4 is 5.32 Å². The van der Waals surface area contributed by atoms with E-state index in [0.29, 0.717) is 0 Å². The Hall–Kier alpha value is -3.17. The van der Waals surface area contributed by atoms with E-state index in [-0.39, 0.29) is 11.7 Å². The third-order valence-corrected chi connectivity index (χ3v) is 6.50. The van der Waals surface area contributed by atoms with Gasteiger partial charge in [0.25, 0.3) is 0 Å². The van der Waals surface area contributed by atoms with Gasteiger partial charge in [-0.25, -0.2) is 0 Å². The lowest BCUT2D eigenvalue weighted by atomic mass is 9.79. The number of rotatable bonds is 1. The maximum atomic E-state index is 13.4. The van der Waals surface area contributed by atoms with Gasteiger partial charge in [0.05, 0.1) is 11.4 Å². The predicted octanol–water partition coefficient (Wildman–Crippen LogP) is 6.77. The molecule has 29 heavy (non-hydrogen) atoms. The first kappa shape index (κ1) is 16.8. The van der Waals surface area contributed by atoms with E-state index in [2.05, 4.69) is 69.8 Å². The molecule has 1 atom stereocenters. The van der Waals surface area contributed by atoms with Gasteiger partial charge in [0.1, 0.15) is 0 Å². The summed E-state index contributed by atoms with van der Waals surface area (Å²) in [7, 11) is 0. The van der Waals surface area contributed by atoms with E-state index in [1.165, 1.54) is 10.8 Å². The molecule has 1 unspecified atom stereocenters. The van der Waals surface area contributed by atoms with Gasteiger partial charge < -0.3 is 5.32 Å². The van der Waals surface area contributed by atoms with Crippen LogP contribution in [0.3, 0.4) is 0 Å². The Labute approximate surface area is 177 Å². The fourth-order valence-corrected chi connectivity index (χ4v) is 4.93. The Kier molecular flexibility index (Phi) is 3.56. The third-order valence-electron chi connectivity index (χ3n) is 5.97. The molecule has 6 rings (SSSR count). The standard InChI is InChI=1S/C26H16BrNO/c27-17-12-9-16(10-13-17)22-21-14-11-15-5-1-2-6-18(15)24(21)28-25-19-7-3-4-8-20(19)26(29)23(22)25/h1-14,22,28H. The highest BCUT2D eigenvalue weighted by Gasteiger charge is 2.40. The molecule has 0 aromatic heterocycles. The molecule has 1 aliphatic carbocycles. The molecule has 4 aromatic rings. The van der Waals surface area contributed by atoms with Gasteiger partial charge in [-0.1, -0.05) is 88.7 Å². The summed E-state index contributed by atoms with van der Waals surface area (Å²) < 4.78 is 1.03. The highest BCUT2D eigenvalue weighted by molar-refractivity contribution is 9.10. The first-order chi connectivity index (χ1) is 14.2. The molecule has 138 valence electrons. The van der Waals surface area contributed by atoms with Gasteiger partial charge in [0.15, 0.2) is 5.78 Å². The summed E-state index contributed by atoms with van der Waals surface area (Å²) >= 11 is 3.53. The van der Waals surface area contributed by atoms with Crippen molar-refractivity contribution >= 4 is 43.9 Å². The summed E-state index contributed by atoms with van der Waals surface area (Å²) in [6.45, 7) is 0. The van der Waals surface area contributed by atoms with Crippen LogP contribution in [-0.4, -0.2) is 5.78 Å². The number of nitrogens with one attached hydrogen (secondary N) is 1. The quantitative estimate of drug-likeness (QED) is 0.356. The molecule has 0 spiro atoms. The fourth-order valence-electron chi connectivity index (χ4n) is 4.66. The topological polar surface area (TPSA) is 29.1 Å². The second-order valence-corrected chi connectivity index (χ2v) is 8.44. The molecule has 1 heterocycles. The van der Waals surface area contributed by atoms with Crippen molar-refractivity contribution in [2.24, 2.45) is 0 Å². The molecule has 0 bridgehead atoms. The SMILES string of the molecule is O=C1C2=C(Nc3c(ccc4ccccc34)C2c2ccc(Br)cc2)c2ccccc21. The number of halogens is 1. The highest BCUT2D eigenvalue weighted by Crippen LogP contribution is 2.50. The molecule has 0 fully saturated rings. The molecule has 0 radical (unpaired) electrons. The molecular formula is C26H16BrNO. The van der Waals surface area contributed by atoms with Crippen LogP contribution in [0.2, 0.25) is 0 Å². The van der Waals surface area contributed by atoms with E-state index >= 15 is 0 Å². The zero-order valence-corrected chi connectivity index (χ0v) is 17.0. The van der Waals surface area contributed by atoms with E-state index < -0.39 is 0 Å². The number of hydrogen-bond donors (Lipinski definition) is 1. The zero-order valence-electron chi connectivity index (χ0n) is 15.4. The van der Waals surface area contributed by atoms with E-state index in [1.54, 1.807) is 0 Å². The summed E-state index contributed by atoms with van der Waals surface area (Å²) in [6, 6.07) is 28.9. The zero-order chi connectivity index (χ0) is 19.5. The molecule has 1 N–H and O–H groups in total. The van der Waals surface area contributed by atoms with Crippen LogP contribution in [-0.2, 0) is 0 Å². The molecule has 2 nitrogen and oxygen atoms in total. The Bertz CT molecular complexity index is 1350. The Morgan fingerprint density at radius 1 is 0.759 bits per heavy atom. The monoisotopic (exact) mass is 437 g/mol. The number of carbonyl (C=O) groups excluding carboxylic acids is 1. The number of hydrogen-bond acceptors (Lipinski definition) is 2. The minimum absolute atomic E-state index is 0.0983. The lowest BCUT2D eigenvalue weighted by molar-refractivity contribution is 0.103. The summed E-state index contributed by atoms with van der Waals surface area (Å²) in [4.78, 5) is 13.4. The lowest BCUT2D eigenvalue weighted by Crippen LogP contribution is -2.19. The van der Waals surface area contributed by atoms with Crippen molar-refractivity contribution in [1.82, 2.24) is 0 Å². The maximum Gasteiger partial charge on any atom is 0.192 e. The number of allylic oxidation sites excluding steroid dienone is 1. The molecule has 1 aliphatic heterocycles. The molecule has 0 saturated carbocycles. The summed E-state index contributed by atoms with van der Waals surface area (Å²) in [5, 5.41) is 6.02. The van der Waals surface area contributed by atoms with Crippen LogP contribution in [0.15, 0.2) is 95.0 Å². The van der Waals surface area contributed by atoms with Crippen LogP contribution in [0, 0.1) is 0 Å². The molecule has 0 saturated heterocycles. The summed E-state index contributed by atoms with van der Waals surface area (Å²) in [5.74, 6) is 0.0219. The largest absolute Gasteiger partial charge is 0.354 e. The van der Waals surface area contributed by atoms with E-state index in [4.69, 9.17) is 0 Å². The lowest BCUT2D eigenvalue weighted by Gasteiger charge is -2.30. The molecule has 3 heteroatoms. The van der Waals surface area contributed by atoms with Crippen LogP contribution in [0.5, 0.6) is 0 Å². The Balaban J connectivity index is 1.68. The van der Waals surface area contributed by atoms with Gasteiger partial charge in [0.2, 0.25) is 0 Å². The predicted molar refractivity (Wildman–Crippen MR) is 121 cm³/mol. The molecule has 2 aliphatic rings. The number of carbonyl (C=O) groups is 1. The average molecular weight is 438 g/mol.